The lowest BCUT2D eigenvalue weighted by Gasteiger charge is -2.25. The molecule has 8 nitrogen and oxygen atoms in total. The van der Waals surface area contributed by atoms with Crippen molar-refractivity contribution in [3.05, 3.63) is 12.2 Å². The molecule has 0 saturated heterocycles. The van der Waals surface area contributed by atoms with Crippen molar-refractivity contribution in [2.24, 2.45) is 0 Å². The number of aliphatic hydroxyl groups excluding tert-OH is 1. The molecule has 9 heteroatoms. The van der Waals surface area contributed by atoms with Crippen molar-refractivity contribution in [2.45, 2.75) is 328 Å². The molecule has 3 atom stereocenters. The highest BCUT2D eigenvalue weighted by atomic mass is 31.2. The molecule has 0 aliphatic carbocycles. The van der Waals surface area contributed by atoms with E-state index in [1.54, 1.807) is 6.08 Å². The maximum absolute atomic E-state index is 13.0. The first kappa shape index (κ1) is 68.2. The second kappa shape index (κ2) is 52.1. The number of hydrogen-bond acceptors (Lipinski definition) is 5. The molecule has 3 N–H and O–H groups in total. The maximum Gasteiger partial charge on any atom is 0.472 e. The van der Waals surface area contributed by atoms with Crippen LogP contribution < -0.4 is 5.32 Å². The Labute approximate surface area is 431 Å². The predicted molar refractivity (Wildman–Crippen MR) is 300 cm³/mol. The minimum Gasteiger partial charge on any atom is -0.387 e. The van der Waals surface area contributed by atoms with Crippen LogP contribution in [0, 0.1) is 0 Å². The molecule has 0 aromatic rings. The van der Waals surface area contributed by atoms with Gasteiger partial charge in [0.2, 0.25) is 5.91 Å². The van der Waals surface area contributed by atoms with Crippen LogP contribution in [0.4, 0.5) is 0 Å². The Morgan fingerprint density at radius 2 is 0.768 bits per heavy atom. The van der Waals surface area contributed by atoms with E-state index in [0.717, 1.165) is 38.5 Å². The summed E-state index contributed by atoms with van der Waals surface area (Å²) in [6.07, 6.45) is 64.9. The van der Waals surface area contributed by atoms with Gasteiger partial charge in [-0.15, -0.1) is 0 Å². The molecule has 0 spiro atoms. The van der Waals surface area contributed by atoms with Crippen molar-refractivity contribution in [3.63, 3.8) is 0 Å². The van der Waals surface area contributed by atoms with Gasteiger partial charge < -0.3 is 19.8 Å². The molecule has 412 valence electrons. The summed E-state index contributed by atoms with van der Waals surface area (Å²) in [5.41, 5.74) is 0. The molecule has 1 unspecified atom stereocenters. The first-order valence-corrected chi connectivity index (χ1v) is 32.1. The first-order valence-electron chi connectivity index (χ1n) is 30.6. The van der Waals surface area contributed by atoms with Gasteiger partial charge in [-0.3, -0.25) is 13.8 Å². The number of hydrogen-bond donors (Lipinski definition) is 3. The second-order valence-corrected chi connectivity index (χ2v) is 23.9. The van der Waals surface area contributed by atoms with Crippen LogP contribution in [0.15, 0.2) is 12.2 Å². The number of amides is 1. The standard InChI is InChI=1S/C60H121N2O6P/c1-6-8-10-12-14-16-18-20-21-22-23-24-25-26-27-28-29-30-31-32-33-34-35-36-37-38-39-40-41-42-44-46-48-50-52-54-60(64)61-58(57-68-69(65,66)67-56-55-62(3,4)5)59(63)53-51-49-47-45-43-19-17-15-13-11-9-7-2/h51,53,58-59,63H,6-50,52,54-57H2,1-5H3,(H-,61,64,65,66)/p+1/b53-51+/t58-,59+/m0/s1. The summed E-state index contributed by atoms with van der Waals surface area (Å²) in [5, 5.41) is 13.9. The summed E-state index contributed by atoms with van der Waals surface area (Å²) < 4.78 is 23.7. The van der Waals surface area contributed by atoms with E-state index < -0.39 is 20.0 Å². The fourth-order valence-electron chi connectivity index (χ4n) is 9.46. The van der Waals surface area contributed by atoms with Crippen molar-refractivity contribution < 1.29 is 32.9 Å². The van der Waals surface area contributed by atoms with E-state index in [4.69, 9.17) is 9.05 Å². The van der Waals surface area contributed by atoms with Gasteiger partial charge in [0.25, 0.3) is 0 Å². The molecule has 0 radical (unpaired) electrons. The number of carbonyl (C=O) groups is 1. The smallest absolute Gasteiger partial charge is 0.387 e. The number of likely N-dealkylation sites (N-methyl/N-ethyl adjacent to an activating group) is 1. The number of nitrogens with one attached hydrogen (secondary N) is 1. The van der Waals surface area contributed by atoms with Crippen LogP contribution in [0.25, 0.3) is 0 Å². The highest BCUT2D eigenvalue weighted by Crippen LogP contribution is 2.43. The van der Waals surface area contributed by atoms with Gasteiger partial charge in [0.1, 0.15) is 13.2 Å². The summed E-state index contributed by atoms with van der Waals surface area (Å²) in [6, 6.07) is -0.841. The molecule has 1 amide bonds. The monoisotopic (exact) mass is 998 g/mol. The molecule has 0 rings (SSSR count). The first-order chi connectivity index (χ1) is 33.5. The van der Waals surface area contributed by atoms with E-state index in [2.05, 4.69) is 19.2 Å². The Bertz CT molecular complexity index is 1130. The van der Waals surface area contributed by atoms with Crippen LogP contribution in [0.2, 0.25) is 0 Å². The van der Waals surface area contributed by atoms with E-state index in [9.17, 15) is 19.4 Å². The average molecular weight is 999 g/mol. The summed E-state index contributed by atoms with van der Waals surface area (Å²) in [4.78, 5) is 23.2. The van der Waals surface area contributed by atoms with Gasteiger partial charge in [0.05, 0.1) is 39.9 Å². The highest BCUT2D eigenvalue weighted by Gasteiger charge is 2.27. The number of rotatable bonds is 57. The van der Waals surface area contributed by atoms with Crippen molar-refractivity contribution >= 4 is 13.7 Å². The summed E-state index contributed by atoms with van der Waals surface area (Å²) in [5.74, 6) is -0.171. The third kappa shape index (κ3) is 54.8. The minimum absolute atomic E-state index is 0.0648. The number of phosphoric acid groups is 1. The SMILES string of the molecule is CCCCCCCCCCCC/C=C/[C@@H](O)[C@H](COP(=O)(O)OCC[N+](C)(C)C)NC(=O)CCCCCCCCCCCCCCCCCCCCCCCCCCCCCCCCCCCCC. The van der Waals surface area contributed by atoms with Gasteiger partial charge >= 0.3 is 7.82 Å². The number of unbranched alkanes of at least 4 members (excludes halogenated alkanes) is 44. The number of quaternary nitrogens is 1. The van der Waals surface area contributed by atoms with Gasteiger partial charge in [0.15, 0.2) is 0 Å². The molecule has 0 fully saturated rings. The molecule has 0 aromatic carbocycles. The zero-order valence-corrected chi connectivity index (χ0v) is 48.0. The lowest BCUT2D eigenvalue weighted by molar-refractivity contribution is -0.870. The zero-order chi connectivity index (χ0) is 50.6. The lowest BCUT2D eigenvalue weighted by atomic mass is 10.0. The Hall–Kier alpha value is -0.760. The summed E-state index contributed by atoms with van der Waals surface area (Å²) in [7, 11) is 1.59. The van der Waals surface area contributed by atoms with Crippen LogP contribution in [0.5, 0.6) is 0 Å². The topological polar surface area (TPSA) is 105 Å². The van der Waals surface area contributed by atoms with Gasteiger partial charge in [-0.2, -0.15) is 0 Å². The molecule has 0 aliphatic heterocycles. The van der Waals surface area contributed by atoms with Gasteiger partial charge in [-0.05, 0) is 19.3 Å². The summed E-state index contributed by atoms with van der Waals surface area (Å²) in [6.45, 7) is 4.85. The van der Waals surface area contributed by atoms with Crippen molar-refractivity contribution in [2.75, 3.05) is 40.9 Å². The van der Waals surface area contributed by atoms with Gasteiger partial charge in [-0.1, -0.05) is 302 Å². The highest BCUT2D eigenvalue weighted by molar-refractivity contribution is 7.47. The summed E-state index contributed by atoms with van der Waals surface area (Å²) >= 11 is 0. The van der Waals surface area contributed by atoms with Gasteiger partial charge in [-0.25, -0.2) is 4.57 Å². The fourth-order valence-corrected chi connectivity index (χ4v) is 10.2. The van der Waals surface area contributed by atoms with Crippen LogP contribution >= 0.6 is 7.82 Å². The third-order valence-corrected chi connectivity index (χ3v) is 15.2. The molecule has 0 bridgehead atoms. The third-order valence-electron chi connectivity index (χ3n) is 14.3. The van der Waals surface area contributed by atoms with E-state index in [1.807, 2.05) is 27.2 Å². The van der Waals surface area contributed by atoms with Crippen molar-refractivity contribution in [3.8, 4) is 0 Å². The number of aliphatic hydroxyl groups is 1. The van der Waals surface area contributed by atoms with E-state index in [-0.39, 0.29) is 19.1 Å². The number of phosphoric ester groups is 1. The largest absolute Gasteiger partial charge is 0.472 e. The molecule has 0 aliphatic rings. The fraction of sp³-hybridized carbons (Fsp3) is 0.950. The number of nitrogens with zero attached hydrogens (tertiary/aromatic N) is 1. The molecular formula is C60H122N2O6P+. The predicted octanol–water partition coefficient (Wildman–Crippen LogP) is 18.6. The van der Waals surface area contributed by atoms with E-state index in [0.29, 0.717) is 17.4 Å². The second-order valence-electron chi connectivity index (χ2n) is 22.4. The van der Waals surface area contributed by atoms with Crippen LogP contribution in [-0.4, -0.2) is 73.4 Å². The average Bonchev–Trinajstić information content (AvgIpc) is 3.31. The lowest BCUT2D eigenvalue weighted by Crippen LogP contribution is -2.45. The molecule has 0 saturated carbocycles. The van der Waals surface area contributed by atoms with Gasteiger partial charge in [0, 0.05) is 6.42 Å². The number of carbonyl (C=O) groups excluding carboxylic acids is 1. The van der Waals surface area contributed by atoms with Crippen molar-refractivity contribution in [1.82, 2.24) is 5.32 Å². The van der Waals surface area contributed by atoms with Crippen molar-refractivity contribution in [1.29, 1.82) is 0 Å². The molecule has 0 aromatic heterocycles. The van der Waals surface area contributed by atoms with E-state index >= 15 is 0 Å². The maximum atomic E-state index is 13.0. The van der Waals surface area contributed by atoms with Crippen LogP contribution in [-0.2, 0) is 18.4 Å². The Morgan fingerprint density at radius 3 is 1.07 bits per heavy atom. The van der Waals surface area contributed by atoms with Crippen LogP contribution in [0.1, 0.15) is 316 Å². The minimum atomic E-state index is -4.34. The Kier molecular flexibility index (Phi) is 51.5. The molecular weight excluding hydrogens is 876 g/mol. The van der Waals surface area contributed by atoms with Crippen LogP contribution in [0.3, 0.4) is 0 Å². The molecule has 0 heterocycles. The van der Waals surface area contributed by atoms with E-state index in [1.165, 1.54) is 257 Å². The quantitative estimate of drug-likeness (QED) is 0.0243. The Balaban J connectivity index is 3.88. The molecule has 69 heavy (non-hydrogen) atoms. The number of allylic oxidation sites excluding steroid dienone is 1. The zero-order valence-electron chi connectivity index (χ0n) is 47.1. The Morgan fingerprint density at radius 1 is 0.478 bits per heavy atom. The normalized spacial score (nSPS) is 13.9.